The van der Waals surface area contributed by atoms with Crippen LogP contribution < -0.4 is 20.2 Å². The first-order chi connectivity index (χ1) is 12.1. The van der Waals surface area contributed by atoms with Crippen LogP contribution in [0.1, 0.15) is 5.56 Å². The summed E-state index contributed by atoms with van der Waals surface area (Å²) in [5.41, 5.74) is 3.22. The Morgan fingerprint density at radius 3 is 2.88 bits per heavy atom. The standard InChI is InChI=1S/C16H14N4O5/c21-16(9-17-12-5-6-14-15(7-12)25-10-24-14)19-18-8-11-3-1-2-4-13(11)20(22)23/h1-8,17H,9-10H2,(H,19,21)/b18-8+. The number of ether oxygens (including phenoxy) is 2. The van der Waals surface area contributed by atoms with Gasteiger partial charge in [-0.15, -0.1) is 0 Å². The van der Waals surface area contributed by atoms with E-state index < -0.39 is 10.8 Å². The summed E-state index contributed by atoms with van der Waals surface area (Å²) in [5, 5.41) is 17.5. The van der Waals surface area contributed by atoms with Gasteiger partial charge in [0.1, 0.15) is 0 Å². The van der Waals surface area contributed by atoms with E-state index in [-0.39, 0.29) is 19.0 Å². The Labute approximate surface area is 142 Å². The molecule has 1 aliphatic heterocycles. The average Bonchev–Trinajstić information content (AvgIpc) is 3.08. The van der Waals surface area contributed by atoms with Gasteiger partial charge in [0.05, 0.1) is 23.2 Å². The quantitative estimate of drug-likeness (QED) is 0.470. The summed E-state index contributed by atoms with van der Waals surface area (Å²) in [5.74, 6) is 0.872. The predicted octanol–water partition coefficient (Wildman–Crippen LogP) is 1.89. The van der Waals surface area contributed by atoms with Gasteiger partial charge in [-0.25, -0.2) is 5.43 Å². The van der Waals surface area contributed by atoms with Gasteiger partial charge in [0.2, 0.25) is 6.79 Å². The van der Waals surface area contributed by atoms with Crippen molar-refractivity contribution in [1.29, 1.82) is 0 Å². The molecule has 25 heavy (non-hydrogen) atoms. The van der Waals surface area contributed by atoms with Crippen LogP contribution in [0.5, 0.6) is 11.5 Å². The molecular weight excluding hydrogens is 328 g/mol. The molecule has 0 spiro atoms. The Bertz CT molecular complexity index is 837. The Kier molecular flexibility index (Phi) is 4.74. The van der Waals surface area contributed by atoms with Gasteiger partial charge in [-0.3, -0.25) is 14.9 Å². The van der Waals surface area contributed by atoms with Gasteiger partial charge >= 0.3 is 0 Å². The third-order valence-electron chi connectivity index (χ3n) is 3.35. The lowest BCUT2D eigenvalue weighted by atomic mass is 10.2. The highest BCUT2D eigenvalue weighted by Crippen LogP contribution is 2.34. The molecule has 0 radical (unpaired) electrons. The van der Waals surface area contributed by atoms with Crippen LogP contribution in [0.25, 0.3) is 0 Å². The van der Waals surface area contributed by atoms with Crippen molar-refractivity contribution in [3.05, 3.63) is 58.1 Å². The number of benzene rings is 2. The number of anilines is 1. The van der Waals surface area contributed by atoms with E-state index in [1.807, 2.05) is 0 Å². The Hall–Kier alpha value is -3.62. The summed E-state index contributed by atoms with van der Waals surface area (Å²) in [6.45, 7) is 0.160. The molecule has 1 aliphatic rings. The molecule has 0 aromatic heterocycles. The Balaban J connectivity index is 1.52. The van der Waals surface area contributed by atoms with Gasteiger partial charge in [-0.2, -0.15) is 5.10 Å². The van der Waals surface area contributed by atoms with Gasteiger partial charge in [-0.05, 0) is 18.2 Å². The number of rotatable bonds is 6. The molecule has 0 atom stereocenters. The van der Waals surface area contributed by atoms with Crippen LogP contribution in [0, 0.1) is 10.1 Å². The number of carbonyl (C=O) groups is 1. The van der Waals surface area contributed by atoms with Gasteiger partial charge in [0.25, 0.3) is 11.6 Å². The van der Waals surface area contributed by atoms with E-state index in [4.69, 9.17) is 9.47 Å². The Morgan fingerprint density at radius 2 is 2.04 bits per heavy atom. The van der Waals surface area contributed by atoms with Crippen molar-refractivity contribution in [2.45, 2.75) is 0 Å². The van der Waals surface area contributed by atoms with Crippen LogP contribution in [0.2, 0.25) is 0 Å². The van der Waals surface area contributed by atoms with E-state index in [0.29, 0.717) is 22.7 Å². The number of hydrazone groups is 1. The number of fused-ring (bicyclic) bond motifs is 1. The van der Waals surface area contributed by atoms with Crippen molar-refractivity contribution in [1.82, 2.24) is 5.43 Å². The molecule has 0 saturated heterocycles. The van der Waals surface area contributed by atoms with Crippen LogP contribution in [-0.2, 0) is 4.79 Å². The van der Waals surface area contributed by atoms with Gasteiger partial charge in [-0.1, -0.05) is 12.1 Å². The zero-order chi connectivity index (χ0) is 17.6. The third-order valence-corrected chi connectivity index (χ3v) is 3.35. The maximum absolute atomic E-state index is 11.8. The van der Waals surface area contributed by atoms with Crippen molar-refractivity contribution in [2.75, 3.05) is 18.7 Å². The zero-order valence-corrected chi connectivity index (χ0v) is 13.0. The maximum Gasteiger partial charge on any atom is 0.278 e. The molecule has 9 heteroatoms. The van der Waals surface area contributed by atoms with E-state index in [2.05, 4.69) is 15.8 Å². The molecule has 1 amide bonds. The largest absolute Gasteiger partial charge is 0.454 e. The number of carbonyl (C=O) groups excluding carboxylic acids is 1. The fourth-order valence-electron chi connectivity index (χ4n) is 2.17. The number of hydrogen-bond acceptors (Lipinski definition) is 7. The molecule has 0 aliphatic carbocycles. The smallest absolute Gasteiger partial charge is 0.278 e. The van der Waals surface area contributed by atoms with E-state index in [1.54, 1.807) is 36.4 Å². The van der Waals surface area contributed by atoms with Gasteiger partial charge < -0.3 is 14.8 Å². The van der Waals surface area contributed by atoms with Gasteiger partial charge in [0, 0.05) is 17.8 Å². The van der Waals surface area contributed by atoms with Crippen molar-refractivity contribution >= 4 is 23.5 Å². The second-order valence-corrected chi connectivity index (χ2v) is 5.03. The molecule has 3 rings (SSSR count). The highest BCUT2D eigenvalue weighted by molar-refractivity contribution is 5.87. The monoisotopic (exact) mass is 342 g/mol. The number of para-hydroxylation sites is 1. The lowest BCUT2D eigenvalue weighted by Crippen LogP contribution is -2.25. The number of nitrogens with zero attached hydrogens (tertiary/aromatic N) is 2. The summed E-state index contributed by atoms with van der Waals surface area (Å²) >= 11 is 0. The van der Waals surface area contributed by atoms with Crippen molar-refractivity contribution < 1.29 is 19.2 Å². The second kappa shape index (κ2) is 7.30. The molecule has 0 saturated carbocycles. The lowest BCUT2D eigenvalue weighted by molar-refractivity contribution is -0.385. The highest BCUT2D eigenvalue weighted by atomic mass is 16.7. The zero-order valence-electron chi connectivity index (χ0n) is 13.0. The van der Waals surface area contributed by atoms with Crippen molar-refractivity contribution in [3.8, 4) is 11.5 Å². The summed E-state index contributed by atoms with van der Waals surface area (Å²) in [6, 6.07) is 11.3. The molecule has 2 N–H and O–H groups in total. The molecule has 9 nitrogen and oxygen atoms in total. The van der Waals surface area contributed by atoms with Crippen LogP contribution >= 0.6 is 0 Å². The lowest BCUT2D eigenvalue weighted by Gasteiger charge is -2.06. The average molecular weight is 342 g/mol. The summed E-state index contributed by atoms with van der Waals surface area (Å²) < 4.78 is 10.5. The second-order valence-electron chi connectivity index (χ2n) is 5.03. The SMILES string of the molecule is O=C(CNc1ccc2c(c1)OCO2)N/N=C/c1ccccc1[N+](=O)[O-]. The first-order valence-electron chi connectivity index (χ1n) is 7.32. The molecule has 1 heterocycles. The molecule has 0 fully saturated rings. The van der Waals surface area contributed by atoms with Crippen molar-refractivity contribution in [3.63, 3.8) is 0 Å². The first kappa shape index (κ1) is 16.2. The number of hydrogen-bond donors (Lipinski definition) is 2. The van der Waals surface area contributed by atoms with Gasteiger partial charge in [0.15, 0.2) is 11.5 Å². The fraction of sp³-hybridized carbons (Fsp3) is 0.125. The van der Waals surface area contributed by atoms with Crippen LogP contribution in [-0.4, -0.2) is 30.4 Å². The summed E-state index contributed by atoms with van der Waals surface area (Å²) in [7, 11) is 0. The normalized spacial score (nSPS) is 12.2. The number of nitrogens with one attached hydrogen (secondary N) is 2. The minimum Gasteiger partial charge on any atom is -0.454 e. The summed E-state index contributed by atoms with van der Waals surface area (Å²) in [6.07, 6.45) is 1.23. The van der Waals surface area contributed by atoms with E-state index in [9.17, 15) is 14.9 Å². The highest BCUT2D eigenvalue weighted by Gasteiger charge is 2.13. The predicted molar refractivity (Wildman–Crippen MR) is 89.9 cm³/mol. The van der Waals surface area contributed by atoms with Crippen LogP contribution in [0.3, 0.4) is 0 Å². The van der Waals surface area contributed by atoms with Crippen molar-refractivity contribution in [2.24, 2.45) is 5.10 Å². The topological polar surface area (TPSA) is 115 Å². The van der Waals surface area contributed by atoms with E-state index in [1.165, 1.54) is 12.3 Å². The van der Waals surface area contributed by atoms with E-state index >= 15 is 0 Å². The maximum atomic E-state index is 11.8. The number of nitro groups is 1. The molecule has 0 unspecified atom stereocenters. The molecule has 2 aromatic rings. The number of nitro benzene ring substituents is 1. The molecule has 2 aromatic carbocycles. The molecule has 128 valence electrons. The van der Waals surface area contributed by atoms with E-state index in [0.717, 1.165) is 0 Å². The fourth-order valence-corrected chi connectivity index (χ4v) is 2.17. The molecular formula is C16H14N4O5. The third kappa shape index (κ3) is 4.02. The summed E-state index contributed by atoms with van der Waals surface area (Å²) in [4.78, 5) is 22.2. The number of amides is 1. The minimum atomic E-state index is -0.510. The van der Waals surface area contributed by atoms with Crippen LogP contribution in [0.15, 0.2) is 47.6 Å². The Morgan fingerprint density at radius 1 is 1.24 bits per heavy atom. The first-order valence-corrected chi connectivity index (χ1v) is 7.32. The minimum absolute atomic E-state index is 0.0200. The molecule has 0 bridgehead atoms. The van der Waals surface area contributed by atoms with Crippen LogP contribution in [0.4, 0.5) is 11.4 Å².